The molecule has 74 valence electrons. The van der Waals surface area contributed by atoms with Gasteiger partial charge in [-0.1, -0.05) is 13.8 Å². The van der Waals surface area contributed by atoms with E-state index >= 15 is 0 Å². The molecule has 0 aromatic heterocycles. The monoisotopic (exact) mass is 195 g/mol. The fourth-order valence-electron chi connectivity index (χ4n) is 0.866. The van der Waals surface area contributed by atoms with Gasteiger partial charge >= 0.3 is 0 Å². The largest absolute Gasteiger partial charge is 0.329 e. The summed E-state index contributed by atoms with van der Waals surface area (Å²) in [5, 5.41) is 0. The average Bonchev–Trinajstić information content (AvgIpc) is 1.99. The summed E-state index contributed by atoms with van der Waals surface area (Å²) in [6.07, 6.45) is 0. The highest BCUT2D eigenvalue weighted by Crippen LogP contribution is 1.94. The number of likely N-dealkylation sites (N-methyl/N-ethyl adjacent to an activating group) is 1. The van der Waals surface area contributed by atoms with Gasteiger partial charge < -0.3 is 5.73 Å². The van der Waals surface area contributed by atoms with E-state index < -0.39 is 10.2 Å². The van der Waals surface area contributed by atoms with Crippen LogP contribution in [0.5, 0.6) is 0 Å². The number of hydrogen-bond donors (Lipinski definition) is 2. The molecule has 0 saturated heterocycles. The van der Waals surface area contributed by atoms with Crippen LogP contribution in [0.25, 0.3) is 0 Å². The van der Waals surface area contributed by atoms with Gasteiger partial charge in [0.05, 0.1) is 0 Å². The Kier molecular flexibility index (Phi) is 5.39. The minimum absolute atomic E-state index is 0.346. The van der Waals surface area contributed by atoms with E-state index in [0.717, 1.165) is 0 Å². The molecule has 0 unspecified atom stereocenters. The molecular weight excluding hydrogens is 178 g/mol. The second kappa shape index (κ2) is 5.47. The van der Waals surface area contributed by atoms with Crippen molar-refractivity contribution in [2.24, 2.45) is 5.73 Å². The van der Waals surface area contributed by atoms with Gasteiger partial charge in [0, 0.05) is 26.2 Å². The topological polar surface area (TPSA) is 75.4 Å². The molecule has 6 heteroatoms. The number of nitrogens with one attached hydrogen (secondary N) is 1. The van der Waals surface area contributed by atoms with Crippen molar-refractivity contribution < 1.29 is 8.42 Å². The minimum Gasteiger partial charge on any atom is -0.329 e. The highest BCUT2D eigenvalue weighted by atomic mass is 32.2. The highest BCUT2D eigenvalue weighted by molar-refractivity contribution is 7.87. The average molecular weight is 195 g/mol. The summed E-state index contributed by atoms with van der Waals surface area (Å²) in [6, 6.07) is 0. The maximum Gasteiger partial charge on any atom is 0.279 e. The van der Waals surface area contributed by atoms with Crippen LogP contribution < -0.4 is 10.5 Å². The quantitative estimate of drug-likeness (QED) is 0.578. The van der Waals surface area contributed by atoms with Crippen molar-refractivity contribution in [1.29, 1.82) is 0 Å². The lowest BCUT2D eigenvalue weighted by Gasteiger charge is -2.19. The van der Waals surface area contributed by atoms with E-state index in [9.17, 15) is 8.42 Å². The van der Waals surface area contributed by atoms with Crippen LogP contribution in [0.15, 0.2) is 0 Å². The lowest BCUT2D eigenvalue weighted by Crippen LogP contribution is -2.42. The number of hydrogen-bond acceptors (Lipinski definition) is 3. The van der Waals surface area contributed by atoms with Gasteiger partial charge in [0.25, 0.3) is 10.2 Å². The molecule has 0 aromatic rings. The van der Waals surface area contributed by atoms with Crippen molar-refractivity contribution in [2.45, 2.75) is 13.8 Å². The summed E-state index contributed by atoms with van der Waals surface area (Å²) in [7, 11) is -3.28. The van der Waals surface area contributed by atoms with Crippen molar-refractivity contribution in [1.82, 2.24) is 9.03 Å². The van der Waals surface area contributed by atoms with Crippen LogP contribution in [0.2, 0.25) is 0 Å². The van der Waals surface area contributed by atoms with E-state index in [2.05, 4.69) is 4.72 Å². The molecule has 0 aliphatic rings. The van der Waals surface area contributed by atoms with E-state index in [1.807, 2.05) is 0 Å². The second-order valence-electron chi connectivity index (χ2n) is 2.28. The highest BCUT2D eigenvalue weighted by Gasteiger charge is 2.17. The zero-order valence-electron chi connectivity index (χ0n) is 7.58. The molecule has 0 bridgehead atoms. The molecule has 0 spiro atoms. The summed E-state index contributed by atoms with van der Waals surface area (Å²) >= 11 is 0. The SMILES string of the molecule is CCNS(=O)(=O)N(CC)CCN. The Balaban J connectivity index is 4.27. The smallest absolute Gasteiger partial charge is 0.279 e. The molecular formula is C6H17N3O2S. The minimum atomic E-state index is -3.28. The molecule has 0 rings (SSSR count). The molecule has 0 atom stereocenters. The maximum atomic E-state index is 11.3. The number of nitrogens with zero attached hydrogens (tertiary/aromatic N) is 1. The van der Waals surface area contributed by atoms with Gasteiger partial charge in [-0.2, -0.15) is 12.7 Å². The Morgan fingerprint density at radius 2 is 2.00 bits per heavy atom. The lowest BCUT2D eigenvalue weighted by atomic mass is 10.6. The third-order valence-electron chi connectivity index (χ3n) is 1.40. The predicted octanol–water partition coefficient (Wildman–Crippen LogP) is -0.879. The first-order chi connectivity index (χ1) is 5.58. The molecule has 0 heterocycles. The summed E-state index contributed by atoms with van der Waals surface area (Å²) < 4.78 is 26.3. The van der Waals surface area contributed by atoms with Crippen LogP contribution in [0, 0.1) is 0 Å². The van der Waals surface area contributed by atoms with Crippen LogP contribution in [-0.2, 0) is 10.2 Å². The molecule has 5 nitrogen and oxygen atoms in total. The Morgan fingerprint density at radius 1 is 1.42 bits per heavy atom. The molecule has 0 aliphatic heterocycles. The molecule has 0 radical (unpaired) electrons. The standard InChI is InChI=1S/C6H17N3O2S/c1-3-8-12(10,11)9(4-2)6-5-7/h8H,3-7H2,1-2H3. The van der Waals surface area contributed by atoms with Crippen LogP contribution in [0.1, 0.15) is 13.8 Å². The van der Waals surface area contributed by atoms with Gasteiger partial charge in [-0.3, -0.25) is 0 Å². The van der Waals surface area contributed by atoms with E-state index in [4.69, 9.17) is 5.73 Å². The van der Waals surface area contributed by atoms with Crippen LogP contribution in [0.4, 0.5) is 0 Å². The molecule has 0 fully saturated rings. The molecule has 0 amide bonds. The first kappa shape index (κ1) is 11.8. The van der Waals surface area contributed by atoms with Crippen LogP contribution >= 0.6 is 0 Å². The van der Waals surface area contributed by atoms with E-state index in [-0.39, 0.29) is 0 Å². The third kappa shape index (κ3) is 3.48. The lowest BCUT2D eigenvalue weighted by molar-refractivity contribution is 0.427. The first-order valence-electron chi connectivity index (χ1n) is 4.03. The van der Waals surface area contributed by atoms with Gasteiger partial charge in [0.15, 0.2) is 0 Å². The van der Waals surface area contributed by atoms with Crippen molar-refractivity contribution in [3.8, 4) is 0 Å². The Bertz CT molecular complexity index is 203. The molecule has 0 saturated carbocycles. The predicted molar refractivity (Wildman–Crippen MR) is 48.9 cm³/mol. The molecule has 0 aromatic carbocycles. The third-order valence-corrected chi connectivity index (χ3v) is 3.17. The summed E-state index contributed by atoms with van der Waals surface area (Å²) in [4.78, 5) is 0. The molecule has 3 N–H and O–H groups in total. The fourth-order valence-corrected chi connectivity index (χ4v) is 2.10. The van der Waals surface area contributed by atoms with Crippen molar-refractivity contribution >= 4 is 10.2 Å². The summed E-state index contributed by atoms with van der Waals surface area (Å²) in [5.74, 6) is 0. The zero-order valence-corrected chi connectivity index (χ0v) is 8.39. The Labute approximate surface area is 74.1 Å². The second-order valence-corrected chi connectivity index (χ2v) is 4.04. The van der Waals surface area contributed by atoms with Gasteiger partial charge in [0.2, 0.25) is 0 Å². The van der Waals surface area contributed by atoms with E-state index in [0.29, 0.717) is 26.2 Å². The van der Waals surface area contributed by atoms with E-state index in [1.54, 1.807) is 13.8 Å². The van der Waals surface area contributed by atoms with Crippen LogP contribution in [0.3, 0.4) is 0 Å². The van der Waals surface area contributed by atoms with Gasteiger partial charge in [-0.15, -0.1) is 0 Å². The normalized spacial score (nSPS) is 12.3. The Morgan fingerprint density at radius 3 is 2.33 bits per heavy atom. The molecule has 12 heavy (non-hydrogen) atoms. The first-order valence-corrected chi connectivity index (χ1v) is 5.47. The maximum absolute atomic E-state index is 11.3. The number of nitrogens with two attached hydrogens (primary N) is 1. The van der Waals surface area contributed by atoms with Crippen molar-refractivity contribution in [2.75, 3.05) is 26.2 Å². The van der Waals surface area contributed by atoms with Gasteiger partial charge in [-0.25, -0.2) is 4.72 Å². The Hall–Kier alpha value is -0.170. The number of rotatable bonds is 6. The molecule has 0 aliphatic carbocycles. The van der Waals surface area contributed by atoms with Crippen LogP contribution in [-0.4, -0.2) is 38.9 Å². The zero-order chi connectivity index (χ0) is 9.61. The van der Waals surface area contributed by atoms with E-state index in [1.165, 1.54) is 4.31 Å². The summed E-state index contributed by atoms with van der Waals surface area (Å²) in [6.45, 7) is 5.10. The van der Waals surface area contributed by atoms with Crippen molar-refractivity contribution in [3.63, 3.8) is 0 Å². The fraction of sp³-hybridized carbons (Fsp3) is 1.00. The van der Waals surface area contributed by atoms with Gasteiger partial charge in [-0.05, 0) is 0 Å². The van der Waals surface area contributed by atoms with Gasteiger partial charge in [0.1, 0.15) is 0 Å². The van der Waals surface area contributed by atoms with Crippen molar-refractivity contribution in [3.05, 3.63) is 0 Å². The summed E-state index contributed by atoms with van der Waals surface area (Å²) in [5.41, 5.74) is 5.26.